The van der Waals surface area contributed by atoms with Crippen LogP contribution in [-0.4, -0.2) is 44.4 Å². The van der Waals surface area contributed by atoms with Crippen molar-refractivity contribution in [1.29, 1.82) is 0 Å². The van der Waals surface area contributed by atoms with Gasteiger partial charge in [0.1, 0.15) is 0 Å². The molecule has 1 N–H and O–H groups in total. The molecule has 0 saturated carbocycles. The maximum absolute atomic E-state index is 5.34. The lowest BCUT2D eigenvalue weighted by molar-refractivity contribution is 0.104. The second-order valence-corrected chi connectivity index (χ2v) is 3.48. The Kier molecular flexibility index (Phi) is 12.2. The van der Waals surface area contributed by atoms with E-state index in [-0.39, 0.29) is 0 Å². The van der Waals surface area contributed by atoms with Gasteiger partial charge >= 0.3 is 0 Å². The molecule has 0 aliphatic carbocycles. The molecule has 0 radical (unpaired) electrons. The van der Waals surface area contributed by atoms with Gasteiger partial charge in [-0.05, 0) is 6.42 Å². The highest BCUT2D eigenvalue weighted by Gasteiger charge is 1.88. The van der Waals surface area contributed by atoms with Crippen LogP contribution in [0.15, 0.2) is 0 Å². The molecule has 0 unspecified atom stereocenters. The number of alkyl halides is 1. The lowest BCUT2D eigenvalue weighted by atomic mass is 10.5. The largest absolute Gasteiger partial charge is 0.385 e. The third kappa shape index (κ3) is 10.6. The highest BCUT2D eigenvalue weighted by molar-refractivity contribution is 14.1. The Labute approximate surface area is 88.3 Å². The van der Waals surface area contributed by atoms with Crippen LogP contribution >= 0.6 is 22.6 Å². The first-order chi connectivity index (χ1) is 5.91. The van der Waals surface area contributed by atoms with Gasteiger partial charge < -0.3 is 14.8 Å². The van der Waals surface area contributed by atoms with Crippen LogP contribution in [0.3, 0.4) is 0 Å². The lowest BCUT2D eigenvalue weighted by Gasteiger charge is -2.04. The molecule has 12 heavy (non-hydrogen) atoms. The summed E-state index contributed by atoms with van der Waals surface area (Å²) in [5.74, 6) is 0. The number of methoxy groups -OCH3 is 1. The summed E-state index contributed by atoms with van der Waals surface area (Å²) >= 11 is 2.35. The quantitative estimate of drug-likeness (QED) is 0.391. The van der Waals surface area contributed by atoms with Crippen LogP contribution in [0.2, 0.25) is 0 Å². The normalized spacial score (nSPS) is 10.5. The fourth-order valence-corrected chi connectivity index (χ4v) is 1.12. The molecule has 4 heteroatoms. The maximum atomic E-state index is 5.34. The molecule has 0 aromatic heterocycles. The molecule has 74 valence electrons. The van der Waals surface area contributed by atoms with E-state index in [1.807, 2.05) is 0 Å². The zero-order chi connectivity index (χ0) is 9.07. The minimum atomic E-state index is 0.793. The van der Waals surface area contributed by atoms with Crippen molar-refractivity contribution in [3.8, 4) is 0 Å². The average Bonchev–Trinajstić information content (AvgIpc) is 2.10. The first kappa shape index (κ1) is 12.6. The van der Waals surface area contributed by atoms with E-state index in [2.05, 4.69) is 27.9 Å². The van der Waals surface area contributed by atoms with Gasteiger partial charge in [0.2, 0.25) is 0 Å². The second-order valence-electron chi connectivity index (χ2n) is 2.40. The van der Waals surface area contributed by atoms with E-state index >= 15 is 0 Å². The van der Waals surface area contributed by atoms with Crippen LogP contribution in [0.5, 0.6) is 0 Å². The predicted octanol–water partition coefficient (Wildman–Crippen LogP) is 1.06. The second kappa shape index (κ2) is 11.6. The van der Waals surface area contributed by atoms with Gasteiger partial charge in [-0.25, -0.2) is 0 Å². The van der Waals surface area contributed by atoms with E-state index < -0.39 is 0 Å². The summed E-state index contributed by atoms with van der Waals surface area (Å²) in [5.41, 5.74) is 0. The Morgan fingerprint density at radius 3 is 2.67 bits per heavy atom. The predicted molar refractivity (Wildman–Crippen MR) is 59.1 cm³/mol. The van der Waals surface area contributed by atoms with E-state index in [0.29, 0.717) is 0 Å². The molecule has 0 aromatic carbocycles. The Bertz CT molecular complexity index is 73.5. The third-order valence-corrected chi connectivity index (χ3v) is 1.87. The van der Waals surface area contributed by atoms with Crippen LogP contribution in [0.25, 0.3) is 0 Å². The number of hydrogen-bond acceptors (Lipinski definition) is 3. The maximum Gasteiger partial charge on any atom is 0.0590 e. The minimum absolute atomic E-state index is 0.793. The number of hydrogen-bond donors (Lipinski definition) is 1. The summed E-state index contributed by atoms with van der Waals surface area (Å²) < 4.78 is 11.4. The Morgan fingerprint density at radius 1 is 1.17 bits per heavy atom. The van der Waals surface area contributed by atoms with Crippen molar-refractivity contribution < 1.29 is 9.47 Å². The van der Waals surface area contributed by atoms with E-state index in [1.165, 1.54) is 0 Å². The smallest absolute Gasteiger partial charge is 0.0590 e. The van der Waals surface area contributed by atoms with Crippen LogP contribution in [0, 0.1) is 0 Å². The fraction of sp³-hybridized carbons (Fsp3) is 1.00. The van der Waals surface area contributed by atoms with E-state index in [1.54, 1.807) is 7.11 Å². The van der Waals surface area contributed by atoms with Gasteiger partial charge in [-0.2, -0.15) is 0 Å². The van der Waals surface area contributed by atoms with Crippen molar-refractivity contribution in [3.05, 3.63) is 0 Å². The molecule has 0 aliphatic heterocycles. The van der Waals surface area contributed by atoms with Crippen molar-refractivity contribution in [2.45, 2.75) is 6.42 Å². The van der Waals surface area contributed by atoms with E-state index in [9.17, 15) is 0 Å². The molecule has 0 fully saturated rings. The van der Waals surface area contributed by atoms with Gasteiger partial charge in [0, 0.05) is 37.8 Å². The van der Waals surface area contributed by atoms with E-state index in [4.69, 9.17) is 9.47 Å². The standard InChI is InChI=1S/C8H18INO2/c1-11-6-2-7-12-8-5-10-4-3-9/h10H,2-8H2,1H3. The molecule has 0 saturated heterocycles. The van der Waals surface area contributed by atoms with Crippen molar-refractivity contribution in [2.24, 2.45) is 0 Å². The van der Waals surface area contributed by atoms with E-state index in [0.717, 1.165) is 43.8 Å². The number of rotatable bonds is 9. The summed E-state index contributed by atoms with van der Waals surface area (Å²) in [7, 11) is 1.71. The molecule has 0 heterocycles. The van der Waals surface area contributed by atoms with Gasteiger partial charge in [-0.3, -0.25) is 0 Å². The van der Waals surface area contributed by atoms with Crippen molar-refractivity contribution in [2.75, 3.05) is 44.4 Å². The minimum Gasteiger partial charge on any atom is -0.385 e. The Balaban J connectivity index is 2.73. The topological polar surface area (TPSA) is 30.5 Å². The first-order valence-corrected chi connectivity index (χ1v) is 5.77. The number of nitrogens with one attached hydrogen (secondary N) is 1. The monoisotopic (exact) mass is 287 g/mol. The molecule has 0 amide bonds. The highest BCUT2D eigenvalue weighted by atomic mass is 127. The number of ether oxygens (including phenoxy) is 2. The molecule has 0 rings (SSSR count). The highest BCUT2D eigenvalue weighted by Crippen LogP contribution is 1.82. The average molecular weight is 287 g/mol. The van der Waals surface area contributed by atoms with Crippen LogP contribution in [0.4, 0.5) is 0 Å². The number of halogens is 1. The molecule has 0 aliphatic rings. The summed E-state index contributed by atoms with van der Waals surface area (Å²) in [6, 6.07) is 0. The summed E-state index contributed by atoms with van der Waals surface area (Å²) in [6.07, 6.45) is 0.989. The van der Waals surface area contributed by atoms with Gasteiger partial charge in [-0.1, -0.05) is 22.6 Å². The fourth-order valence-electron chi connectivity index (χ4n) is 0.744. The Morgan fingerprint density at radius 2 is 2.00 bits per heavy atom. The lowest BCUT2D eigenvalue weighted by Crippen LogP contribution is -2.21. The summed E-state index contributed by atoms with van der Waals surface area (Å²) in [4.78, 5) is 0. The first-order valence-electron chi connectivity index (χ1n) is 4.25. The zero-order valence-corrected chi connectivity index (χ0v) is 9.80. The molecular weight excluding hydrogens is 269 g/mol. The van der Waals surface area contributed by atoms with Crippen molar-refractivity contribution in [3.63, 3.8) is 0 Å². The summed E-state index contributed by atoms with van der Waals surface area (Å²) in [5, 5.41) is 3.26. The Hall–Kier alpha value is 0.610. The van der Waals surface area contributed by atoms with Gasteiger partial charge in [0.25, 0.3) is 0 Å². The molecular formula is C8H18INO2. The van der Waals surface area contributed by atoms with Gasteiger partial charge in [0.05, 0.1) is 6.61 Å². The molecule has 0 atom stereocenters. The molecule has 0 bridgehead atoms. The SMILES string of the molecule is COCCCOCCNCCI. The zero-order valence-electron chi connectivity index (χ0n) is 7.64. The van der Waals surface area contributed by atoms with Crippen LogP contribution in [-0.2, 0) is 9.47 Å². The van der Waals surface area contributed by atoms with Crippen LogP contribution in [0.1, 0.15) is 6.42 Å². The molecule has 3 nitrogen and oxygen atoms in total. The van der Waals surface area contributed by atoms with Gasteiger partial charge in [0.15, 0.2) is 0 Å². The van der Waals surface area contributed by atoms with Crippen molar-refractivity contribution >= 4 is 22.6 Å². The molecule has 0 aromatic rings. The summed E-state index contributed by atoms with van der Waals surface area (Å²) in [6.45, 7) is 4.43. The van der Waals surface area contributed by atoms with Crippen LogP contribution < -0.4 is 5.32 Å². The molecule has 0 spiro atoms. The van der Waals surface area contributed by atoms with Gasteiger partial charge in [-0.15, -0.1) is 0 Å². The third-order valence-electron chi connectivity index (χ3n) is 1.33. The van der Waals surface area contributed by atoms with Crippen molar-refractivity contribution in [1.82, 2.24) is 5.32 Å².